The molecule has 3 rings (SSSR count). The fraction of sp³-hybridized carbons (Fsp3) is 0.250. The molecule has 0 amide bonds. The molecule has 1 aromatic heterocycles. The van der Waals surface area contributed by atoms with Gasteiger partial charge in [0.25, 0.3) is 0 Å². The molecule has 21 heavy (non-hydrogen) atoms. The first-order chi connectivity index (χ1) is 10.2. The number of nitrogens with zero attached hydrogens (tertiary/aromatic N) is 2. The normalized spacial score (nSPS) is 12.3. The van der Waals surface area contributed by atoms with Crippen LogP contribution < -0.4 is 10.1 Å². The number of aryl methyl sites for hydroxylation is 1. The molecule has 1 heterocycles. The summed E-state index contributed by atoms with van der Waals surface area (Å²) in [6.45, 7) is 4.20. The van der Waals surface area contributed by atoms with Crippen molar-refractivity contribution in [3.8, 4) is 5.75 Å². The van der Waals surface area contributed by atoms with Crippen molar-refractivity contribution >= 4 is 31.7 Å². The summed E-state index contributed by atoms with van der Waals surface area (Å²) in [6.07, 6.45) is 0. The Morgan fingerprint density at radius 3 is 2.86 bits per heavy atom. The molecular weight excluding hydrogens is 329 g/mol. The van der Waals surface area contributed by atoms with Gasteiger partial charge in [0.15, 0.2) is 0 Å². The number of methoxy groups -OCH3 is 1. The van der Waals surface area contributed by atoms with Gasteiger partial charge in [-0.3, -0.25) is 0 Å². The van der Waals surface area contributed by atoms with Crippen molar-refractivity contribution in [2.45, 2.75) is 19.9 Å². The Hall–Kier alpha value is -1.84. The summed E-state index contributed by atoms with van der Waals surface area (Å²) in [4.78, 5) is 0. The fourth-order valence-corrected chi connectivity index (χ4v) is 3.56. The Morgan fingerprint density at radius 1 is 1.19 bits per heavy atom. The zero-order valence-electron chi connectivity index (χ0n) is 12.3. The summed E-state index contributed by atoms with van der Waals surface area (Å²) in [6, 6.07) is 12.5. The molecule has 0 spiro atoms. The fourth-order valence-electron chi connectivity index (χ4n) is 2.41. The Kier molecular flexibility index (Phi) is 3.95. The number of anilines is 1. The second kappa shape index (κ2) is 5.88. The minimum atomic E-state index is -0.00902. The van der Waals surface area contributed by atoms with Crippen LogP contribution in [0.4, 0.5) is 5.69 Å². The third kappa shape index (κ3) is 2.80. The zero-order valence-corrected chi connectivity index (χ0v) is 14.0. The molecular formula is C16H17N3OSe. The van der Waals surface area contributed by atoms with Gasteiger partial charge in [0.05, 0.1) is 0 Å². The van der Waals surface area contributed by atoms with Crippen LogP contribution in [0.1, 0.15) is 24.1 Å². The molecule has 0 aliphatic rings. The van der Waals surface area contributed by atoms with E-state index in [-0.39, 0.29) is 21.0 Å². The Bertz CT molecular complexity index is 769. The predicted octanol–water partition coefficient (Wildman–Crippen LogP) is 3.18. The molecule has 3 aromatic rings. The molecule has 0 aliphatic carbocycles. The first kappa shape index (κ1) is 14.1. The van der Waals surface area contributed by atoms with Crippen molar-refractivity contribution in [1.82, 2.24) is 7.96 Å². The van der Waals surface area contributed by atoms with E-state index in [1.165, 1.54) is 5.56 Å². The Balaban J connectivity index is 1.93. The number of hydrogen-bond acceptors (Lipinski definition) is 4. The summed E-state index contributed by atoms with van der Waals surface area (Å²) in [5.41, 5.74) is 5.34. The van der Waals surface area contributed by atoms with Crippen molar-refractivity contribution in [2.75, 3.05) is 12.4 Å². The van der Waals surface area contributed by atoms with Crippen LogP contribution in [0.25, 0.3) is 11.0 Å². The summed E-state index contributed by atoms with van der Waals surface area (Å²) in [5.74, 6) is 0.911. The van der Waals surface area contributed by atoms with Crippen LogP contribution in [0.3, 0.4) is 0 Å². The van der Waals surface area contributed by atoms with Gasteiger partial charge in [-0.25, -0.2) is 0 Å². The SMILES string of the molecule is COc1cc(C)ccc1C(C)Nc1cccc2n[se]nc12. The monoisotopic (exact) mass is 347 g/mol. The van der Waals surface area contributed by atoms with E-state index in [0.29, 0.717) is 0 Å². The third-order valence-electron chi connectivity index (χ3n) is 3.51. The molecule has 1 unspecified atom stereocenters. The van der Waals surface area contributed by atoms with Crippen molar-refractivity contribution < 1.29 is 4.74 Å². The van der Waals surface area contributed by atoms with Gasteiger partial charge in [-0.15, -0.1) is 0 Å². The van der Waals surface area contributed by atoms with Crippen molar-refractivity contribution in [1.29, 1.82) is 0 Å². The number of fused-ring (bicyclic) bond motifs is 1. The molecule has 0 bridgehead atoms. The molecule has 0 aliphatic heterocycles. The Morgan fingerprint density at radius 2 is 2.05 bits per heavy atom. The summed E-state index contributed by atoms with van der Waals surface area (Å²) in [5, 5.41) is 3.53. The average Bonchev–Trinajstić information content (AvgIpc) is 2.96. The van der Waals surface area contributed by atoms with Crippen LogP contribution in [0.15, 0.2) is 36.4 Å². The number of aromatic nitrogens is 2. The van der Waals surface area contributed by atoms with Crippen molar-refractivity contribution in [3.63, 3.8) is 0 Å². The molecule has 108 valence electrons. The standard InChI is InChI=1S/C16H17N3OSe/c1-10-7-8-12(15(9-10)20-3)11(2)17-13-5-4-6-14-16(13)19-21-18-14/h4-9,11,17H,1-3H3. The predicted molar refractivity (Wildman–Crippen MR) is 86.2 cm³/mol. The van der Waals surface area contributed by atoms with Crippen LogP contribution in [0.5, 0.6) is 5.75 Å². The minimum absolute atomic E-state index is 0.00902. The topological polar surface area (TPSA) is 47.0 Å². The number of rotatable bonds is 4. The maximum atomic E-state index is 5.50. The number of ether oxygens (including phenoxy) is 1. The molecule has 5 heteroatoms. The van der Waals surface area contributed by atoms with Crippen LogP contribution in [0, 0.1) is 6.92 Å². The van der Waals surface area contributed by atoms with Gasteiger partial charge in [0.1, 0.15) is 0 Å². The quantitative estimate of drug-likeness (QED) is 0.737. The van der Waals surface area contributed by atoms with E-state index >= 15 is 0 Å². The Labute approximate surface area is 130 Å². The van der Waals surface area contributed by atoms with Gasteiger partial charge in [0.2, 0.25) is 0 Å². The summed E-state index contributed by atoms with van der Waals surface area (Å²) < 4.78 is 14.4. The third-order valence-corrected chi connectivity index (χ3v) is 4.65. The van der Waals surface area contributed by atoms with Crippen molar-refractivity contribution in [2.24, 2.45) is 0 Å². The first-order valence-corrected chi connectivity index (χ1v) is 8.34. The van der Waals surface area contributed by atoms with E-state index in [4.69, 9.17) is 4.74 Å². The van der Waals surface area contributed by atoms with E-state index < -0.39 is 0 Å². The number of hydrogen-bond donors (Lipinski definition) is 1. The van der Waals surface area contributed by atoms with Crippen LogP contribution >= 0.6 is 0 Å². The molecule has 0 saturated carbocycles. The molecule has 1 atom stereocenters. The van der Waals surface area contributed by atoms with E-state index in [9.17, 15) is 0 Å². The number of benzene rings is 2. The molecule has 0 fully saturated rings. The van der Waals surface area contributed by atoms with E-state index in [2.05, 4.69) is 51.4 Å². The van der Waals surface area contributed by atoms with E-state index in [0.717, 1.165) is 28.0 Å². The molecule has 1 N–H and O–H groups in total. The first-order valence-electron chi connectivity index (χ1n) is 6.81. The summed E-state index contributed by atoms with van der Waals surface area (Å²) in [7, 11) is 1.71. The summed E-state index contributed by atoms with van der Waals surface area (Å²) >= 11 is -0.00902. The van der Waals surface area contributed by atoms with Gasteiger partial charge in [-0.1, -0.05) is 0 Å². The molecule has 4 nitrogen and oxygen atoms in total. The second-order valence-corrected chi connectivity index (χ2v) is 6.16. The molecule has 2 aromatic carbocycles. The van der Waals surface area contributed by atoms with E-state index in [1.54, 1.807) is 7.11 Å². The van der Waals surface area contributed by atoms with Gasteiger partial charge in [0, 0.05) is 0 Å². The van der Waals surface area contributed by atoms with Crippen LogP contribution in [-0.4, -0.2) is 30.0 Å². The molecule has 0 radical (unpaired) electrons. The molecule has 0 saturated heterocycles. The van der Waals surface area contributed by atoms with Crippen LogP contribution in [-0.2, 0) is 0 Å². The van der Waals surface area contributed by atoms with E-state index in [1.807, 2.05) is 12.1 Å². The van der Waals surface area contributed by atoms with Gasteiger partial charge >= 0.3 is 130 Å². The van der Waals surface area contributed by atoms with Crippen LogP contribution in [0.2, 0.25) is 0 Å². The second-order valence-electron chi connectivity index (χ2n) is 5.05. The van der Waals surface area contributed by atoms with Crippen molar-refractivity contribution in [3.05, 3.63) is 47.5 Å². The number of nitrogens with one attached hydrogen (secondary N) is 1. The maximum absolute atomic E-state index is 5.50. The van der Waals surface area contributed by atoms with Gasteiger partial charge in [-0.05, 0) is 0 Å². The van der Waals surface area contributed by atoms with Gasteiger partial charge in [-0.2, -0.15) is 0 Å². The zero-order chi connectivity index (χ0) is 14.8. The average molecular weight is 346 g/mol. The van der Waals surface area contributed by atoms with Gasteiger partial charge < -0.3 is 0 Å².